The third-order valence-corrected chi connectivity index (χ3v) is 11.1. The molecule has 0 heterocycles. The third-order valence-electron chi connectivity index (χ3n) is 10.1. The second-order valence-electron chi connectivity index (χ2n) is 16.8. The van der Waals surface area contributed by atoms with E-state index in [1.165, 1.54) is 161 Å². The molecule has 0 rings (SSSR count). The smallest absolute Gasteiger partial charge is 0.457 e. The molecule has 8 nitrogen and oxygen atoms in total. The van der Waals surface area contributed by atoms with E-state index in [2.05, 4.69) is 26.0 Å². The summed E-state index contributed by atoms with van der Waals surface area (Å²) < 4.78 is 34.8. The lowest BCUT2D eigenvalue weighted by atomic mass is 10.0. The van der Waals surface area contributed by atoms with Gasteiger partial charge in [-0.3, -0.25) is 13.8 Å². The number of carbonyl (C=O) groups excluding carboxylic acids is 1. The summed E-state index contributed by atoms with van der Waals surface area (Å²) in [6, 6.07) is 0. The first-order valence-corrected chi connectivity index (χ1v) is 24.4. The number of esters is 1. The van der Waals surface area contributed by atoms with Gasteiger partial charge in [0.1, 0.15) is 19.3 Å². The van der Waals surface area contributed by atoms with E-state index in [1.54, 1.807) is 0 Å². The largest absolute Gasteiger partial charge is 0.472 e. The van der Waals surface area contributed by atoms with E-state index in [9.17, 15) is 14.3 Å². The van der Waals surface area contributed by atoms with Crippen molar-refractivity contribution < 1.29 is 37.3 Å². The number of quaternary nitrogens is 1. The van der Waals surface area contributed by atoms with E-state index < -0.39 is 13.9 Å². The van der Waals surface area contributed by atoms with Crippen molar-refractivity contribution in [2.45, 2.75) is 219 Å². The lowest BCUT2D eigenvalue weighted by Gasteiger charge is -2.24. The summed E-state index contributed by atoms with van der Waals surface area (Å²) in [5.74, 6) is -0.313. The Morgan fingerprint density at radius 1 is 0.556 bits per heavy atom. The van der Waals surface area contributed by atoms with Gasteiger partial charge in [0.15, 0.2) is 0 Å². The Hall–Kier alpha value is -0.760. The van der Waals surface area contributed by atoms with Gasteiger partial charge in [-0.05, 0) is 38.5 Å². The number of carbonyl (C=O) groups is 1. The van der Waals surface area contributed by atoms with E-state index in [-0.39, 0.29) is 25.8 Å². The van der Waals surface area contributed by atoms with Gasteiger partial charge >= 0.3 is 13.8 Å². The number of hydrogen-bond donors (Lipinski definition) is 1. The standard InChI is InChI=1S/C45H90NO7P/c1-6-8-10-12-14-15-16-17-18-19-20-21-22-23-24-25-26-27-28-29-30-31-32-34-36-38-45(47)53-44(42-50-40-37-35-33-13-11-9-7-2)43-52-54(48,49)51-41-39-46(3,4)5/h19-20,44H,6-18,21-43H2,1-5H3/p+1/b20-19-. The molecule has 0 aliphatic rings. The van der Waals surface area contributed by atoms with Gasteiger partial charge in [-0.25, -0.2) is 4.57 Å². The van der Waals surface area contributed by atoms with Crippen molar-refractivity contribution >= 4 is 13.8 Å². The number of hydrogen-bond acceptors (Lipinski definition) is 6. The average Bonchev–Trinajstić information content (AvgIpc) is 3.12. The first-order chi connectivity index (χ1) is 26.1. The quantitative estimate of drug-likeness (QED) is 0.0216. The summed E-state index contributed by atoms with van der Waals surface area (Å²) in [6.07, 6.45) is 42.7. The zero-order valence-electron chi connectivity index (χ0n) is 36.5. The molecule has 0 aromatic carbocycles. The molecule has 0 saturated carbocycles. The van der Waals surface area contributed by atoms with Crippen LogP contribution in [0.1, 0.15) is 213 Å². The molecule has 0 aromatic rings. The number of phosphoric ester groups is 1. The van der Waals surface area contributed by atoms with Crippen LogP contribution >= 0.6 is 7.82 Å². The summed E-state index contributed by atoms with van der Waals surface area (Å²) >= 11 is 0. The first-order valence-electron chi connectivity index (χ1n) is 22.9. The maximum atomic E-state index is 12.6. The molecule has 0 radical (unpaired) electrons. The Kier molecular flexibility index (Phi) is 38.5. The Bertz CT molecular complexity index is 879. The molecular formula is C45H91NO7P+. The molecule has 1 N–H and O–H groups in total. The monoisotopic (exact) mass is 789 g/mol. The van der Waals surface area contributed by atoms with Crippen molar-refractivity contribution in [3.63, 3.8) is 0 Å². The zero-order valence-corrected chi connectivity index (χ0v) is 37.4. The molecule has 0 aliphatic heterocycles. The molecular weight excluding hydrogens is 697 g/mol. The van der Waals surface area contributed by atoms with Crippen LogP contribution in [0.25, 0.3) is 0 Å². The van der Waals surface area contributed by atoms with Crippen molar-refractivity contribution in [1.29, 1.82) is 0 Å². The van der Waals surface area contributed by atoms with Crippen LogP contribution in [0.15, 0.2) is 12.2 Å². The number of unbranched alkanes of at least 4 members (excludes halogenated alkanes) is 27. The highest BCUT2D eigenvalue weighted by molar-refractivity contribution is 7.47. The Morgan fingerprint density at radius 2 is 0.963 bits per heavy atom. The van der Waals surface area contributed by atoms with Gasteiger partial charge < -0.3 is 18.9 Å². The summed E-state index contributed by atoms with van der Waals surface area (Å²) in [5.41, 5.74) is 0. The highest BCUT2D eigenvalue weighted by atomic mass is 31.2. The fourth-order valence-corrected chi connectivity index (χ4v) is 7.23. The molecule has 0 spiro atoms. The minimum atomic E-state index is -4.26. The van der Waals surface area contributed by atoms with Crippen LogP contribution in [0.2, 0.25) is 0 Å². The lowest BCUT2D eigenvalue weighted by molar-refractivity contribution is -0.870. The number of allylic oxidation sites excluding steroid dienone is 2. The van der Waals surface area contributed by atoms with Crippen molar-refractivity contribution in [1.82, 2.24) is 0 Å². The fourth-order valence-electron chi connectivity index (χ4n) is 6.49. The highest BCUT2D eigenvalue weighted by Crippen LogP contribution is 2.43. The van der Waals surface area contributed by atoms with Crippen LogP contribution in [0.3, 0.4) is 0 Å². The highest BCUT2D eigenvalue weighted by Gasteiger charge is 2.26. The third kappa shape index (κ3) is 42.4. The van der Waals surface area contributed by atoms with E-state index in [1.807, 2.05) is 21.1 Å². The minimum absolute atomic E-state index is 0.0917. The van der Waals surface area contributed by atoms with Gasteiger partial charge in [-0.2, -0.15) is 0 Å². The van der Waals surface area contributed by atoms with Crippen LogP contribution in [0.5, 0.6) is 0 Å². The number of phosphoric acid groups is 1. The van der Waals surface area contributed by atoms with Gasteiger partial charge in [0.05, 0.1) is 34.4 Å². The van der Waals surface area contributed by atoms with Crippen LogP contribution in [0.4, 0.5) is 0 Å². The Morgan fingerprint density at radius 3 is 1.41 bits per heavy atom. The van der Waals surface area contributed by atoms with E-state index in [0.717, 1.165) is 32.1 Å². The molecule has 0 saturated heterocycles. The molecule has 0 aromatic heterocycles. The van der Waals surface area contributed by atoms with Crippen molar-refractivity contribution in [3.8, 4) is 0 Å². The molecule has 0 bridgehead atoms. The summed E-state index contributed by atoms with van der Waals surface area (Å²) in [7, 11) is 1.68. The van der Waals surface area contributed by atoms with E-state index in [0.29, 0.717) is 24.1 Å². The maximum Gasteiger partial charge on any atom is 0.472 e. The first kappa shape index (κ1) is 53.2. The molecule has 0 fully saturated rings. The number of rotatable bonds is 43. The Labute approximate surface area is 335 Å². The van der Waals surface area contributed by atoms with Gasteiger partial charge in [-0.1, -0.05) is 180 Å². The molecule has 2 atom stereocenters. The number of likely N-dealkylation sites (N-methyl/N-ethyl adjacent to an activating group) is 1. The molecule has 54 heavy (non-hydrogen) atoms. The SMILES string of the molecule is CCCCCCCCCC/C=C\CCCCCCCCCCCCCCCC(=O)OC(COCCCCCCCCC)COP(=O)(O)OCC[N+](C)(C)C. The second-order valence-corrected chi connectivity index (χ2v) is 18.2. The van der Waals surface area contributed by atoms with Crippen LogP contribution in [0, 0.1) is 0 Å². The number of ether oxygens (including phenoxy) is 2. The predicted octanol–water partition coefficient (Wildman–Crippen LogP) is 13.4. The predicted molar refractivity (Wildman–Crippen MR) is 229 cm³/mol. The minimum Gasteiger partial charge on any atom is -0.457 e. The zero-order chi connectivity index (χ0) is 39.9. The molecule has 9 heteroatoms. The van der Waals surface area contributed by atoms with Crippen LogP contribution < -0.4 is 0 Å². The molecule has 0 aliphatic carbocycles. The normalized spacial score (nSPS) is 13.8. The van der Waals surface area contributed by atoms with E-state index >= 15 is 0 Å². The molecule has 2 unspecified atom stereocenters. The van der Waals surface area contributed by atoms with Gasteiger partial charge in [0.2, 0.25) is 0 Å². The van der Waals surface area contributed by atoms with Crippen molar-refractivity contribution in [2.24, 2.45) is 0 Å². The lowest BCUT2D eigenvalue weighted by Crippen LogP contribution is -2.37. The summed E-state index contributed by atoms with van der Waals surface area (Å²) in [5, 5.41) is 0. The van der Waals surface area contributed by atoms with Crippen LogP contribution in [-0.4, -0.2) is 75.6 Å². The molecule has 322 valence electrons. The van der Waals surface area contributed by atoms with Gasteiger partial charge in [0.25, 0.3) is 0 Å². The maximum absolute atomic E-state index is 12.6. The second kappa shape index (κ2) is 39.1. The molecule has 0 amide bonds. The van der Waals surface area contributed by atoms with E-state index in [4.69, 9.17) is 18.5 Å². The van der Waals surface area contributed by atoms with Crippen molar-refractivity contribution in [3.05, 3.63) is 12.2 Å². The average molecular weight is 789 g/mol. The topological polar surface area (TPSA) is 91.3 Å². The Balaban J connectivity index is 3.94. The van der Waals surface area contributed by atoms with Crippen LogP contribution in [-0.2, 0) is 27.9 Å². The van der Waals surface area contributed by atoms with Crippen molar-refractivity contribution in [2.75, 3.05) is 54.1 Å². The summed E-state index contributed by atoms with van der Waals surface area (Å²) in [6.45, 7) is 5.62. The van der Waals surface area contributed by atoms with Gasteiger partial charge in [0, 0.05) is 13.0 Å². The fraction of sp³-hybridized carbons (Fsp3) is 0.933. The van der Waals surface area contributed by atoms with Gasteiger partial charge in [-0.15, -0.1) is 0 Å². The number of nitrogens with zero attached hydrogens (tertiary/aromatic N) is 1. The summed E-state index contributed by atoms with van der Waals surface area (Å²) in [4.78, 5) is 22.8.